The second kappa shape index (κ2) is 15.5. The number of halogens is 2. The van der Waals surface area contributed by atoms with Crippen LogP contribution in [0, 0.1) is 28.9 Å². The van der Waals surface area contributed by atoms with Crippen molar-refractivity contribution in [3.05, 3.63) is 114 Å². The molecule has 0 radical (unpaired) electrons. The van der Waals surface area contributed by atoms with E-state index in [-0.39, 0.29) is 52.6 Å². The van der Waals surface area contributed by atoms with E-state index in [0.717, 1.165) is 88.3 Å². The molecular weight excluding hydrogens is 725 g/mol. The fourth-order valence-corrected chi connectivity index (χ4v) is 9.34. The average Bonchev–Trinajstić information content (AvgIpc) is 3.72. The molecule has 2 atom stereocenters. The molecule has 3 N–H and O–H groups in total. The fourth-order valence-electron chi connectivity index (χ4n) is 9.34. The Morgan fingerprint density at radius 3 is 2.51 bits per heavy atom. The minimum absolute atomic E-state index is 0.0141. The first-order valence-electron chi connectivity index (χ1n) is 20.3. The van der Waals surface area contributed by atoms with Gasteiger partial charge in [-0.15, -0.1) is 0 Å². The van der Waals surface area contributed by atoms with E-state index in [0.29, 0.717) is 29.7 Å². The predicted molar refractivity (Wildman–Crippen MR) is 213 cm³/mol. The van der Waals surface area contributed by atoms with Crippen molar-refractivity contribution < 1.29 is 23.2 Å². The van der Waals surface area contributed by atoms with Crippen LogP contribution in [0.1, 0.15) is 90.6 Å². The molecule has 10 nitrogen and oxygen atoms in total. The number of imidazole rings is 1. The lowest BCUT2D eigenvalue weighted by Gasteiger charge is -2.30. The first-order chi connectivity index (χ1) is 27.7. The molecule has 57 heavy (non-hydrogen) atoms. The maximum absolute atomic E-state index is 14.7. The number of ketones is 1. The average molecular weight is 772 g/mol. The van der Waals surface area contributed by atoms with Crippen molar-refractivity contribution in [3.8, 4) is 11.1 Å². The third kappa shape index (κ3) is 7.85. The normalized spacial score (nSPS) is 23.8. The summed E-state index contributed by atoms with van der Waals surface area (Å²) < 4.78 is 29.8. The highest BCUT2D eigenvalue weighted by Crippen LogP contribution is 2.58. The van der Waals surface area contributed by atoms with Crippen molar-refractivity contribution in [1.29, 1.82) is 0 Å². The van der Waals surface area contributed by atoms with Gasteiger partial charge in [0.25, 0.3) is 5.91 Å². The largest absolute Gasteiger partial charge is 0.347 e. The van der Waals surface area contributed by atoms with Gasteiger partial charge >= 0.3 is 0 Å². The molecule has 12 heteroatoms. The van der Waals surface area contributed by atoms with Gasteiger partial charge in [0.05, 0.1) is 17.4 Å². The Balaban J connectivity index is 0.830. The summed E-state index contributed by atoms with van der Waals surface area (Å²) in [5, 5.41) is 10.2. The summed E-state index contributed by atoms with van der Waals surface area (Å²) >= 11 is 0. The Hall–Kier alpha value is -5.33. The summed E-state index contributed by atoms with van der Waals surface area (Å²) in [6.45, 7) is 2.89. The number of carbonyl (C=O) groups is 3. The molecule has 2 aliphatic carbocycles. The molecule has 1 saturated heterocycles. The number of hydrogen-bond donors (Lipinski definition) is 3. The summed E-state index contributed by atoms with van der Waals surface area (Å²) in [5.41, 5.74) is 4.70. The quantitative estimate of drug-likeness (QED) is 0.134. The van der Waals surface area contributed by atoms with Crippen LogP contribution in [0.25, 0.3) is 16.8 Å². The summed E-state index contributed by atoms with van der Waals surface area (Å²) in [7, 11) is 0. The van der Waals surface area contributed by atoms with Crippen molar-refractivity contribution in [2.75, 3.05) is 18.0 Å². The second-order valence-corrected chi connectivity index (χ2v) is 16.5. The molecule has 294 valence electrons. The maximum Gasteiger partial charge on any atom is 0.271 e. The van der Waals surface area contributed by atoms with Crippen LogP contribution in [0.15, 0.2) is 85.3 Å². The lowest BCUT2D eigenvalue weighted by molar-refractivity contribution is -0.118. The third-order valence-corrected chi connectivity index (χ3v) is 12.8. The van der Waals surface area contributed by atoms with Gasteiger partial charge in [0.15, 0.2) is 11.6 Å². The second-order valence-electron chi connectivity index (χ2n) is 16.5. The van der Waals surface area contributed by atoms with Gasteiger partial charge in [-0.05, 0) is 129 Å². The molecule has 2 saturated carbocycles. The Kier molecular flexibility index (Phi) is 10.2. The number of nitrogens with zero attached hydrogens (tertiary/aromatic N) is 4. The lowest BCUT2D eigenvalue weighted by Crippen LogP contribution is -2.39. The van der Waals surface area contributed by atoms with Gasteiger partial charge < -0.3 is 20.4 Å². The third-order valence-electron chi connectivity index (χ3n) is 12.8. The molecule has 5 aromatic rings. The zero-order valence-electron chi connectivity index (χ0n) is 31.9. The Morgan fingerprint density at radius 2 is 1.70 bits per heavy atom. The zero-order chi connectivity index (χ0) is 39.1. The summed E-state index contributed by atoms with van der Waals surface area (Å²) in [6.07, 6.45) is 12.3. The van der Waals surface area contributed by atoms with Gasteiger partial charge in [-0.25, -0.2) is 18.7 Å². The molecular formula is C45H47F2N7O3. The summed E-state index contributed by atoms with van der Waals surface area (Å²) in [6, 6.07) is 20.8. The molecule has 0 bridgehead atoms. The standard InChI is InChI=1S/C45H47F2N7O3/c46-33-10-11-40-51-38(27-53(40)26-33)44(57)52-39-23-45(39)16-12-28(13-17-45)4-9-32-21-41(55)54(43-37(42(32)56)22-34(47)25-50-43)36-3-1-2-31(20-36)30-7-5-29(6-8-30)24-49-35-14-18-48-19-15-35/h1-3,5-8,10-11,20,22,25-28,32,35,39,48-49H,4,9,12-19,21,23-24H2,(H,52,57)/t28?,32?,39-,45?/m1/s1. The van der Waals surface area contributed by atoms with Crippen LogP contribution in [-0.2, 0) is 11.3 Å². The number of Topliss-reactive ketones (excluding diaryl/α,β-unsaturated/α-hetero) is 1. The van der Waals surface area contributed by atoms with E-state index < -0.39 is 17.6 Å². The van der Waals surface area contributed by atoms with Crippen LogP contribution in [0.5, 0.6) is 0 Å². The smallest absolute Gasteiger partial charge is 0.271 e. The molecule has 2 amide bonds. The minimum atomic E-state index is -0.614. The summed E-state index contributed by atoms with van der Waals surface area (Å²) in [4.78, 5) is 51.3. The number of anilines is 2. The molecule has 3 fully saturated rings. The SMILES string of the molecule is O=C(N[C@@H]1CC12CCC(CCC1CC(=O)N(c3cccc(-c4ccc(CNC5CCNCC5)cc4)c3)c3ncc(F)cc3C1=O)CC2)c1cn2cc(F)ccc2n1. The number of hydrogen-bond acceptors (Lipinski definition) is 7. The molecule has 2 aromatic carbocycles. The number of aromatic nitrogens is 3. The number of piperidine rings is 1. The predicted octanol–water partition coefficient (Wildman–Crippen LogP) is 7.54. The van der Waals surface area contributed by atoms with Crippen molar-refractivity contribution in [2.24, 2.45) is 17.3 Å². The van der Waals surface area contributed by atoms with Gasteiger partial charge in [-0.2, -0.15) is 0 Å². The fraction of sp³-hybridized carbons (Fsp3) is 0.400. The van der Waals surface area contributed by atoms with Crippen molar-refractivity contribution >= 4 is 34.8 Å². The summed E-state index contributed by atoms with van der Waals surface area (Å²) in [5.74, 6) is -1.77. The Bertz CT molecular complexity index is 2310. The molecule has 1 unspecified atom stereocenters. The number of carbonyl (C=O) groups excluding carboxylic acids is 3. The van der Waals surface area contributed by atoms with E-state index in [1.165, 1.54) is 33.2 Å². The van der Waals surface area contributed by atoms with E-state index in [1.54, 1.807) is 12.3 Å². The van der Waals surface area contributed by atoms with Crippen LogP contribution in [0.4, 0.5) is 20.3 Å². The Morgan fingerprint density at radius 1 is 0.895 bits per heavy atom. The van der Waals surface area contributed by atoms with Gasteiger partial charge in [-0.1, -0.05) is 36.4 Å². The monoisotopic (exact) mass is 771 g/mol. The molecule has 3 aromatic heterocycles. The van der Waals surface area contributed by atoms with Crippen molar-refractivity contribution in [1.82, 2.24) is 30.3 Å². The molecule has 2 aliphatic heterocycles. The first-order valence-corrected chi connectivity index (χ1v) is 20.3. The van der Waals surface area contributed by atoms with Gasteiger partial charge in [-0.3, -0.25) is 19.3 Å². The van der Waals surface area contributed by atoms with Crippen molar-refractivity contribution in [2.45, 2.75) is 82.8 Å². The van der Waals surface area contributed by atoms with E-state index in [4.69, 9.17) is 0 Å². The highest BCUT2D eigenvalue weighted by molar-refractivity contribution is 6.13. The zero-order valence-corrected chi connectivity index (χ0v) is 31.9. The maximum atomic E-state index is 14.7. The highest BCUT2D eigenvalue weighted by atomic mass is 19.1. The van der Waals surface area contributed by atoms with Crippen molar-refractivity contribution in [3.63, 3.8) is 0 Å². The van der Waals surface area contributed by atoms with Crippen LogP contribution in [0.3, 0.4) is 0 Å². The van der Waals surface area contributed by atoms with Gasteiger partial charge in [0, 0.05) is 43.4 Å². The Labute approximate surface area is 330 Å². The molecule has 1 spiro atoms. The van der Waals surface area contributed by atoms with Gasteiger partial charge in [0.1, 0.15) is 23.0 Å². The van der Waals surface area contributed by atoms with E-state index >= 15 is 0 Å². The van der Waals surface area contributed by atoms with E-state index in [2.05, 4.69) is 50.2 Å². The van der Waals surface area contributed by atoms with Gasteiger partial charge in [0.2, 0.25) is 5.91 Å². The number of benzene rings is 2. The molecule has 9 rings (SSSR count). The number of pyridine rings is 2. The number of rotatable bonds is 10. The molecule has 5 heterocycles. The lowest BCUT2D eigenvalue weighted by atomic mass is 9.76. The van der Waals surface area contributed by atoms with Crippen LogP contribution < -0.4 is 20.9 Å². The number of fused-ring (bicyclic) bond motifs is 2. The van der Waals surface area contributed by atoms with Crippen LogP contribution in [0.2, 0.25) is 0 Å². The van der Waals surface area contributed by atoms with E-state index in [9.17, 15) is 23.2 Å². The molecule has 4 aliphatic rings. The highest BCUT2D eigenvalue weighted by Gasteiger charge is 2.55. The minimum Gasteiger partial charge on any atom is -0.347 e. The van der Waals surface area contributed by atoms with E-state index in [1.807, 2.05) is 24.3 Å². The van der Waals surface area contributed by atoms with Crippen LogP contribution >= 0.6 is 0 Å². The van der Waals surface area contributed by atoms with Crippen LogP contribution in [-0.4, -0.2) is 57.1 Å². The number of amides is 2. The first kappa shape index (κ1) is 37.3. The topological polar surface area (TPSA) is 121 Å². The number of nitrogens with one attached hydrogen (secondary N) is 3.